The molecule has 2 heterocycles. The summed E-state index contributed by atoms with van der Waals surface area (Å²) in [5.74, 6) is -3.61. The first-order valence-corrected chi connectivity index (χ1v) is 15.3. The van der Waals surface area contributed by atoms with Crippen molar-refractivity contribution in [3.63, 3.8) is 0 Å². The summed E-state index contributed by atoms with van der Waals surface area (Å²) >= 11 is 0. The molecular weight excluding hydrogens is 571 g/mol. The van der Waals surface area contributed by atoms with Crippen LogP contribution in [0, 0.1) is 11.8 Å². The van der Waals surface area contributed by atoms with Gasteiger partial charge in [-0.25, -0.2) is 4.39 Å². The van der Waals surface area contributed by atoms with Crippen LogP contribution in [0.15, 0.2) is 60.7 Å². The highest BCUT2D eigenvalue weighted by atomic mass is 19.1. The van der Waals surface area contributed by atoms with Crippen LogP contribution in [-0.2, 0) is 56.0 Å². The molecule has 4 rings (SSSR count). The number of benzene rings is 2. The molecule has 0 saturated carbocycles. The molecule has 2 aliphatic rings. The van der Waals surface area contributed by atoms with E-state index in [2.05, 4.69) is 6.92 Å². The zero-order valence-electron chi connectivity index (χ0n) is 26.4. The van der Waals surface area contributed by atoms with Gasteiger partial charge in [0.1, 0.15) is 25.0 Å². The summed E-state index contributed by atoms with van der Waals surface area (Å²) in [6, 6.07) is 19.6. The lowest BCUT2D eigenvalue weighted by atomic mass is 9.85. The molecule has 0 spiro atoms. The van der Waals surface area contributed by atoms with Gasteiger partial charge in [-0.15, -0.1) is 0 Å². The molecule has 10 atom stereocenters. The molecule has 0 bridgehead atoms. The maximum Gasteiger partial charge on any atom is 0.303 e. The lowest BCUT2D eigenvalue weighted by Crippen LogP contribution is -2.65. The Labute approximate surface area is 259 Å². The van der Waals surface area contributed by atoms with E-state index >= 15 is 4.39 Å². The Bertz CT molecular complexity index is 1200. The standard InChI is InChI=1S/C34H45FO9/c1-7-27-21(2)30(39-18-25-14-10-8-11-15-25)32(40-19-26-16-12-9-13-17-26)34(6,43-27)44-33-22(3)29(35)31(41-24(5)37)28(42-33)20-38-23(4)36/h8-17,21-22,27-33H,7,18-20H2,1-6H3/t21-,22?,27?,28?,29?,30+,31-,32?,33-,34-/m1/s1. The van der Waals surface area contributed by atoms with Crippen LogP contribution in [-0.4, -0.2) is 67.3 Å². The lowest BCUT2D eigenvalue weighted by molar-refractivity contribution is -0.412. The fourth-order valence-corrected chi connectivity index (χ4v) is 5.88. The SMILES string of the molecule is CCC1O[C@](C)(O[C@H]2OC(COC(C)=O)[C@@H](OC(C)=O)C(F)C2C)C(OCc2ccccc2)[C@@H](OCc2ccccc2)[C@@H]1C. The van der Waals surface area contributed by atoms with E-state index in [1.54, 1.807) is 13.8 Å². The molecule has 5 unspecified atom stereocenters. The normalized spacial score (nSPS) is 33.8. The van der Waals surface area contributed by atoms with E-state index in [9.17, 15) is 9.59 Å². The second-order valence-corrected chi connectivity index (χ2v) is 11.8. The Kier molecular flexibility index (Phi) is 11.9. The molecule has 2 saturated heterocycles. The third kappa shape index (κ3) is 8.43. The van der Waals surface area contributed by atoms with Crippen molar-refractivity contribution in [3.05, 3.63) is 71.8 Å². The maximum absolute atomic E-state index is 15.9. The molecule has 10 heteroatoms. The van der Waals surface area contributed by atoms with Crippen molar-refractivity contribution in [1.29, 1.82) is 0 Å². The Balaban J connectivity index is 1.64. The molecule has 44 heavy (non-hydrogen) atoms. The average molecular weight is 617 g/mol. The van der Waals surface area contributed by atoms with Gasteiger partial charge >= 0.3 is 11.9 Å². The van der Waals surface area contributed by atoms with Crippen molar-refractivity contribution in [2.45, 2.75) is 110 Å². The quantitative estimate of drug-likeness (QED) is 0.285. The van der Waals surface area contributed by atoms with E-state index in [1.807, 2.05) is 67.6 Å². The van der Waals surface area contributed by atoms with Gasteiger partial charge < -0.3 is 33.2 Å². The van der Waals surface area contributed by atoms with Crippen LogP contribution in [0.5, 0.6) is 0 Å². The summed E-state index contributed by atoms with van der Waals surface area (Å²) in [7, 11) is 0. The van der Waals surface area contributed by atoms with Crippen LogP contribution in [0.1, 0.15) is 59.1 Å². The summed E-state index contributed by atoms with van der Waals surface area (Å²) in [6.07, 6.45) is -5.97. The monoisotopic (exact) mass is 616 g/mol. The van der Waals surface area contributed by atoms with Crippen LogP contribution in [0.3, 0.4) is 0 Å². The second kappa shape index (κ2) is 15.4. The van der Waals surface area contributed by atoms with Gasteiger partial charge in [0.05, 0.1) is 25.4 Å². The van der Waals surface area contributed by atoms with Gasteiger partial charge in [-0.2, -0.15) is 0 Å². The van der Waals surface area contributed by atoms with Crippen LogP contribution < -0.4 is 0 Å². The average Bonchev–Trinajstić information content (AvgIpc) is 3.00. The minimum absolute atomic E-state index is 0.0650. The molecule has 9 nitrogen and oxygen atoms in total. The minimum atomic E-state index is -1.67. The van der Waals surface area contributed by atoms with Crippen LogP contribution in [0.25, 0.3) is 0 Å². The highest BCUT2D eigenvalue weighted by Gasteiger charge is 2.56. The Hall–Kier alpha value is -2.89. The first kappa shape index (κ1) is 34.0. The summed E-state index contributed by atoms with van der Waals surface area (Å²) < 4.78 is 58.8. The molecule has 2 aromatic rings. The molecule has 0 aliphatic carbocycles. The van der Waals surface area contributed by atoms with Gasteiger partial charge in [-0.3, -0.25) is 9.59 Å². The first-order chi connectivity index (χ1) is 21.0. The number of ether oxygens (including phenoxy) is 7. The predicted molar refractivity (Wildman–Crippen MR) is 159 cm³/mol. The van der Waals surface area contributed by atoms with Gasteiger partial charge in [-0.1, -0.05) is 81.4 Å². The largest absolute Gasteiger partial charge is 0.463 e. The fraction of sp³-hybridized carbons (Fsp3) is 0.588. The Morgan fingerprint density at radius 2 is 1.43 bits per heavy atom. The number of hydrogen-bond acceptors (Lipinski definition) is 9. The van der Waals surface area contributed by atoms with E-state index in [0.29, 0.717) is 13.0 Å². The molecule has 242 valence electrons. The number of rotatable bonds is 12. The van der Waals surface area contributed by atoms with Crippen molar-refractivity contribution < 1.29 is 47.1 Å². The van der Waals surface area contributed by atoms with Crippen molar-refractivity contribution in [2.75, 3.05) is 6.61 Å². The van der Waals surface area contributed by atoms with Crippen LogP contribution in [0.4, 0.5) is 4.39 Å². The van der Waals surface area contributed by atoms with Crippen molar-refractivity contribution >= 4 is 11.9 Å². The van der Waals surface area contributed by atoms with Gasteiger partial charge in [-0.05, 0) is 24.5 Å². The summed E-state index contributed by atoms with van der Waals surface area (Å²) in [4.78, 5) is 23.4. The first-order valence-electron chi connectivity index (χ1n) is 15.3. The van der Waals surface area contributed by atoms with E-state index < -0.39 is 60.5 Å². The lowest BCUT2D eigenvalue weighted by Gasteiger charge is -2.53. The highest BCUT2D eigenvalue weighted by Crippen LogP contribution is 2.42. The van der Waals surface area contributed by atoms with Gasteiger partial charge in [0.2, 0.25) is 0 Å². The number of alkyl halides is 1. The molecule has 0 aromatic heterocycles. The van der Waals surface area contributed by atoms with E-state index in [-0.39, 0.29) is 25.2 Å². The van der Waals surface area contributed by atoms with Crippen molar-refractivity contribution in [2.24, 2.45) is 11.8 Å². The minimum Gasteiger partial charge on any atom is -0.463 e. The number of carbonyl (C=O) groups is 2. The third-order valence-corrected chi connectivity index (χ3v) is 8.29. The van der Waals surface area contributed by atoms with Crippen molar-refractivity contribution in [1.82, 2.24) is 0 Å². The molecule has 2 aliphatic heterocycles. The van der Waals surface area contributed by atoms with Gasteiger partial charge in [0.15, 0.2) is 18.2 Å². The highest BCUT2D eigenvalue weighted by molar-refractivity contribution is 5.66. The number of esters is 2. The van der Waals surface area contributed by atoms with E-state index in [0.717, 1.165) is 11.1 Å². The molecule has 0 radical (unpaired) electrons. The molecule has 2 aromatic carbocycles. The van der Waals surface area contributed by atoms with E-state index in [4.69, 9.17) is 33.2 Å². The van der Waals surface area contributed by atoms with Crippen LogP contribution in [0.2, 0.25) is 0 Å². The number of hydrogen-bond donors (Lipinski definition) is 0. The Morgan fingerprint density at radius 1 is 0.841 bits per heavy atom. The van der Waals surface area contributed by atoms with Gasteiger partial charge in [0, 0.05) is 25.7 Å². The topological polar surface area (TPSA) is 98.8 Å². The van der Waals surface area contributed by atoms with Crippen molar-refractivity contribution in [3.8, 4) is 0 Å². The smallest absolute Gasteiger partial charge is 0.303 e. The van der Waals surface area contributed by atoms with Crippen LogP contribution >= 0.6 is 0 Å². The fourth-order valence-electron chi connectivity index (χ4n) is 5.88. The molecule has 0 amide bonds. The summed E-state index contributed by atoms with van der Waals surface area (Å²) in [5.41, 5.74) is 1.97. The predicted octanol–water partition coefficient (Wildman–Crippen LogP) is 5.53. The van der Waals surface area contributed by atoms with E-state index in [1.165, 1.54) is 13.8 Å². The summed E-state index contributed by atoms with van der Waals surface area (Å²) in [5, 5.41) is 0. The maximum atomic E-state index is 15.9. The molecule has 2 fully saturated rings. The molecular formula is C34H45FO9. The van der Waals surface area contributed by atoms with Gasteiger partial charge in [0.25, 0.3) is 0 Å². The summed E-state index contributed by atoms with van der Waals surface area (Å²) in [6.45, 7) is 10.2. The number of carbonyl (C=O) groups excluding carboxylic acids is 2. The third-order valence-electron chi connectivity index (χ3n) is 8.29. The zero-order valence-corrected chi connectivity index (χ0v) is 26.4. The zero-order chi connectivity index (χ0) is 31.9. The Morgan fingerprint density at radius 3 is 1.98 bits per heavy atom. The molecule has 0 N–H and O–H groups in total. The second-order valence-electron chi connectivity index (χ2n) is 11.8. The number of halogens is 1.